The summed E-state index contributed by atoms with van der Waals surface area (Å²) in [6.45, 7) is 6.20. The van der Waals surface area contributed by atoms with Gasteiger partial charge >= 0.3 is 0 Å². The van der Waals surface area contributed by atoms with E-state index in [1.807, 2.05) is 37.3 Å². The van der Waals surface area contributed by atoms with Crippen molar-refractivity contribution >= 4 is 39.0 Å². The fourth-order valence-electron chi connectivity index (χ4n) is 3.64. The first-order valence-electron chi connectivity index (χ1n) is 8.99. The number of piperidine rings is 1. The van der Waals surface area contributed by atoms with Gasteiger partial charge in [-0.1, -0.05) is 25.1 Å². The lowest BCUT2D eigenvalue weighted by molar-refractivity contribution is 0.102. The quantitative estimate of drug-likeness (QED) is 0.742. The number of thiophene rings is 1. The molecule has 1 aromatic carbocycles. The van der Waals surface area contributed by atoms with Gasteiger partial charge in [-0.25, -0.2) is 9.97 Å². The molecule has 4 rings (SSSR count). The Morgan fingerprint density at radius 3 is 2.85 bits per heavy atom. The van der Waals surface area contributed by atoms with Crippen LogP contribution in [-0.2, 0) is 0 Å². The highest BCUT2D eigenvalue weighted by Crippen LogP contribution is 2.36. The second-order valence-electron chi connectivity index (χ2n) is 6.92. The number of nitrogens with one attached hydrogen (secondary N) is 1. The van der Waals surface area contributed by atoms with Crippen LogP contribution in [0.2, 0.25) is 0 Å². The number of amides is 1. The summed E-state index contributed by atoms with van der Waals surface area (Å²) in [6, 6.07) is 9.55. The molecule has 3 aromatic rings. The average molecular weight is 366 g/mol. The first-order chi connectivity index (χ1) is 12.6. The van der Waals surface area contributed by atoms with E-state index in [9.17, 15) is 4.79 Å². The molecule has 0 aliphatic carbocycles. The normalized spacial score (nSPS) is 17.5. The molecule has 6 heteroatoms. The predicted octanol–water partition coefficient (Wildman–Crippen LogP) is 4.49. The number of benzene rings is 1. The van der Waals surface area contributed by atoms with E-state index in [0.29, 0.717) is 11.5 Å². The highest BCUT2D eigenvalue weighted by molar-refractivity contribution is 7.19. The molecule has 1 saturated heterocycles. The van der Waals surface area contributed by atoms with Crippen molar-refractivity contribution in [2.45, 2.75) is 26.7 Å². The summed E-state index contributed by atoms with van der Waals surface area (Å²) in [5.74, 6) is 1.43. The molecule has 0 saturated carbocycles. The minimum atomic E-state index is -0.0962. The molecule has 1 aliphatic heterocycles. The Hall–Kier alpha value is -2.47. The Bertz CT molecular complexity index is 938. The summed E-state index contributed by atoms with van der Waals surface area (Å²) >= 11 is 1.56. The van der Waals surface area contributed by atoms with E-state index in [0.717, 1.165) is 46.1 Å². The molecule has 1 unspecified atom stereocenters. The number of para-hydroxylation sites is 1. The molecule has 3 heterocycles. The third-order valence-corrected chi connectivity index (χ3v) is 5.87. The zero-order chi connectivity index (χ0) is 18.1. The molecular formula is C20H22N4OS. The van der Waals surface area contributed by atoms with Gasteiger partial charge in [0, 0.05) is 23.7 Å². The third kappa shape index (κ3) is 3.17. The second kappa shape index (κ2) is 7.03. The van der Waals surface area contributed by atoms with Crippen molar-refractivity contribution in [3.8, 4) is 0 Å². The Labute approximate surface area is 157 Å². The summed E-state index contributed by atoms with van der Waals surface area (Å²) < 4.78 is 0. The van der Waals surface area contributed by atoms with Crippen molar-refractivity contribution in [1.29, 1.82) is 0 Å². The first kappa shape index (κ1) is 17.0. The van der Waals surface area contributed by atoms with E-state index in [2.05, 4.69) is 27.1 Å². The SMILES string of the molecule is Cc1sc2ncnc(N3CCCC(C)C3)c2c1C(=O)Nc1ccccc1. The van der Waals surface area contributed by atoms with Gasteiger partial charge in [-0.05, 0) is 37.8 Å². The van der Waals surface area contributed by atoms with Crippen LogP contribution in [0.3, 0.4) is 0 Å². The zero-order valence-electron chi connectivity index (χ0n) is 15.0. The number of anilines is 2. The van der Waals surface area contributed by atoms with Crippen molar-refractivity contribution in [3.63, 3.8) is 0 Å². The molecule has 1 fully saturated rings. The van der Waals surface area contributed by atoms with Crippen molar-refractivity contribution in [1.82, 2.24) is 9.97 Å². The maximum Gasteiger partial charge on any atom is 0.257 e. The van der Waals surface area contributed by atoms with Gasteiger partial charge in [-0.3, -0.25) is 4.79 Å². The number of aromatic nitrogens is 2. The maximum atomic E-state index is 13.0. The summed E-state index contributed by atoms with van der Waals surface area (Å²) in [6.07, 6.45) is 4.02. The molecule has 1 atom stereocenters. The van der Waals surface area contributed by atoms with E-state index in [4.69, 9.17) is 0 Å². The minimum absolute atomic E-state index is 0.0962. The highest BCUT2D eigenvalue weighted by atomic mass is 32.1. The fourth-order valence-corrected chi connectivity index (χ4v) is 4.62. The number of rotatable bonds is 3. The number of fused-ring (bicyclic) bond motifs is 1. The molecule has 134 valence electrons. The lowest BCUT2D eigenvalue weighted by Crippen LogP contribution is -2.35. The predicted molar refractivity (Wildman–Crippen MR) is 107 cm³/mol. The van der Waals surface area contributed by atoms with Crippen molar-refractivity contribution < 1.29 is 4.79 Å². The van der Waals surface area contributed by atoms with Gasteiger partial charge in [0.2, 0.25) is 0 Å². The van der Waals surface area contributed by atoms with E-state index < -0.39 is 0 Å². The van der Waals surface area contributed by atoms with Gasteiger partial charge in [0.15, 0.2) is 0 Å². The minimum Gasteiger partial charge on any atom is -0.356 e. The second-order valence-corrected chi connectivity index (χ2v) is 8.13. The van der Waals surface area contributed by atoms with Crippen LogP contribution >= 0.6 is 11.3 Å². The lowest BCUT2D eigenvalue weighted by Gasteiger charge is -2.32. The van der Waals surface area contributed by atoms with Gasteiger partial charge in [-0.2, -0.15) is 0 Å². The molecule has 0 spiro atoms. The number of carbonyl (C=O) groups is 1. The van der Waals surface area contributed by atoms with Crippen LogP contribution in [0.4, 0.5) is 11.5 Å². The molecule has 1 aliphatic rings. The molecule has 1 N–H and O–H groups in total. The summed E-state index contributed by atoms with van der Waals surface area (Å²) in [4.78, 5) is 26.2. The Morgan fingerprint density at radius 2 is 2.08 bits per heavy atom. The average Bonchev–Trinajstić information content (AvgIpc) is 2.98. The van der Waals surface area contributed by atoms with Crippen molar-refractivity contribution in [2.75, 3.05) is 23.3 Å². The summed E-state index contributed by atoms with van der Waals surface area (Å²) in [7, 11) is 0. The Balaban J connectivity index is 1.77. The van der Waals surface area contributed by atoms with Crippen LogP contribution in [0.15, 0.2) is 36.7 Å². The van der Waals surface area contributed by atoms with Crippen LogP contribution in [0, 0.1) is 12.8 Å². The summed E-state index contributed by atoms with van der Waals surface area (Å²) in [5, 5.41) is 3.90. The number of nitrogens with zero attached hydrogens (tertiary/aromatic N) is 3. The number of carbonyl (C=O) groups excluding carboxylic acids is 1. The zero-order valence-corrected chi connectivity index (χ0v) is 15.8. The van der Waals surface area contributed by atoms with Crippen molar-refractivity contribution in [2.24, 2.45) is 5.92 Å². The topological polar surface area (TPSA) is 58.1 Å². The van der Waals surface area contributed by atoms with Gasteiger partial charge in [-0.15, -0.1) is 11.3 Å². The summed E-state index contributed by atoms with van der Waals surface area (Å²) in [5.41, 5.74) is 1.49. The van der Waals surface area contributed by atoms with Gasteiger partial charge in [0.05, 0.1) is 10.9 Å². The molecule has 5 nitrogen and oxygen atoms in total. The van der Waals surface area contributed by atoms with Crippen molar-refractivity contribution in [3.05, 3.63) is 47.1 Å². The van der Waals surface area contributed by atoms with E-state index in [1.54, 1.807) is 17.7 Å². The lowest BCUT2D eigenvalue weighted by atomic mass is 10.00. The van der Waals surface area contributed by atoms with Crippen LogP contribution in [-0.4, -0.2) is 29.0 Å². The molecular weight excluding hydrogens is 344 g/mol. The number of aryl methyl sites for hydroxylation is 1. The first-order valence-corrected chi connectivity index (χ1v) is 9.80. The number of hydrogen-bond donors (Lipinski definition) is 1. The van der Waals surface area contributed by atoms with Gasteiger partial charge in [0.25, 0.3) is 5.91 Å². The smallest absolute Gasteiger partial charge is 0.257 e. The molecule has 1 amide bonds. The fraction of sp³-hybridized carbons (Fsp3) is 0.350. The largest absolute Gasteiger partial charge is 0.356 e. The Morgan fingerprint density at radius 1 is 1.27 bits per heavy atom. The van der Waals surface area contributed by atoms with Gasteiger partial charge in [0.1, 0.15) is 17.0 Å². The van der Waals surface area contributed by atoms with Gasteiger partial charge < -0.3 is 10.2 Å². The Kier molecular flexibility index (Phi) is 4.59. The van der Waals surface area contributed by atoms with Crippen LogP contribution in [0.5, 0.6) is 0 Å². The maximum absolute atomic E-state index is 13.0. The van der Waals surface area contributed by atoms with E-state index in [-0.39, 0.29) is 5.91 Å². The molecule has 0 radical (unpaired) electrons. The van der Waals surface area contributed by atoms with Crippen LogP contribution < -0.4 is 10.2 Å². The molecule has 0 bridgehead atoms. The van der Waals surface area contributed by atoms with E-state index in [1.165, 1.54) is 6.42 Å². The van der Waals surface area contributed by atoms with Crippen LogP contribution in [0.25, 0.3) is 10.2 Å². The van der Waals surface area contributed by atoms with E-state index >= 15 is 0 Å². The molecule has 2 aromatic heterocycles. The number of hydrogen-bond acceptors (Lipinski definition) is 5. The monoisotopic (exact) mass is 366 g/mol. The van der Waals surface area contributed by atoms with Crippen LogP contribution in [0.1, 0.15) is 35.0 Å². The third-order valence-electron chi connectivity index (χ3n) is 4.86. The highest BCUT2D eigenvalue weighted by Gasteiger charge is 2.25. The molecule has 26 heavy (non-hydrogen) atoms. The standard InChI is InChI=1S/C20H22N4OS/c1-13-7-6-10-24(11-13)18-17-16(14(2)26-20(17)22-12-21-18)19(25)23-15-8-4-3-5-9-15/h3-5,8-9,12-13H,6-7,10-11H2,1-2H3,(H,23,25).